The average Bonchev–Trinajstić information content (AvgIpc) is 2.86. The van der Waals surface area contributed by atoms with Crippen molar-refractivity contribution in [2.75, 3.05) is 0 Å². The minimum absolute atomic E-state index is 0.290. The first kappa shape index (κ1) is 13.9. The third-order valence-corrected chi connectivity index (χ3v) is 5.66. The fraction of sp³-hybridized carbons (Fsp3) is 0.600. The molecule has 0 saturated heterocycles. The van der Waals surface area contributed by atoms with Crippen molar-refractivity contribution in [2.24, 2.45) is 11.5 Å². The lowest BCUT2D eigenvalue weighted by Crippen LogP contribution is -2.44. The first-order valence-electron chi connectivity index (χ1n) is 7.29. The van der Waals surface area contributed by atoms with E-state index in [2.05, 4.69) is 29.9 Å². The normalized spacial score (nSPS) is 27.4. The fourth-order valence-corrected chi connectivity index (χ4v) is 3.95. The zero-order valence-corrected chi connectivity index (χ0v) is 12.9. The van der Waals surface area contributed by atoms with Crippen molar-refractivity contribution in [1.82, 2.24) is 9.97 Å². The van der Waals surface area contributed by atoms with Gasteiger partial charge in [-0.3, -0.25) is 0 Å². The maximum absolute atomic E-state index is 6.65. The Kier molecular flexibility index (Phi) is 3.52. The third kappa shape index (κ3) is 2.34. The molecular formula is C15H22N4S. The van der Waals surface area contributed by atoms with Gasteiger partial charge >= 0.3 is 0 Å². The van der Waals surface area contributed by atoms with E-state index in [1.54, 1.807) is 17.7 Å². The van der Waals surface area contributed by atoms with Crippen molar-refractivity contribution in [3.63, 3.8) is 0 Å². The van der Waals surface area contributed by atoms with Gasteiger partial charge in [-0.15, -0.1) is 11.3 Å². The van der Waals surface area contributed by atoms with E-state index in [4.69, 9.17) is 11.5 Å². The molecule has 0 bridgehead atoms. The third-order valence-electron chi connectivity index (χ3n) is 4.31. The molecular weight excluding hydrogens is 268 g/mol. The first-order valence-corrected chi connectivity index (χ1v) is 8.10. The van der Waals surface area contributed by atoms with Crippen LogP contribution in [0.1, 0.15) is 56.0 Å². The highest BCUT2D eigenvalue weighted by Gasteiger charge is 2.35. The first-order chi connectivity index (χ1) is 9.49. The van der Waals surface area contributed by atoms with Crippen LogP contribution in [-0.4, -0.2) is 16.0 Å². The average molecular weight is 290 g/mol. The van der Waals surface area contributed by atoms with Gasteiger partial charge < -0.3 is 11.5 Å². The Morgan fingerprint density at radius 3 is 2.65 bits per heavy atom. The van der Waals surface area contributed by atoms with E-state index in [9.17, 15) is 0 Å². The van der Waals surface area contributed by atoms with Crippen LogP contribution in [0.3, 0.4) is 0 Å². The Balaban J connectivity index is 2.07. The van der Waals surface area contributed by atoms with Crippen molar-refractivity contribution in [3.8, 4) is 0 Å². The van der Waals surface area contributed by atoms with Gasteiger partial charge in [-0.1, -0.05) is 13.8 Å². The molecule has 0 spiro atoms. The zero-order chi connectivity index (χ0) is 14.3. The number of hydrogen-bond acceptors (Lipinski definition) is 5. The summed E-state index contributed by atoms with van der Waals surface area (Å²) in [6, 6.07) is 2.51. The lowest BCUT2D eigenvalue weighted by atomic mass is 9.77. The van der Waals surface area contributed by atoms with Crippen LogP contribution >= 0.6 is 11.3 Å². The molecule has 20 heavy (non-hydrogen) atoms. The van der Waals surface area contributed by atoms with E-state index >= 15 is 0 Å². The monoisotopic (exact) mass is 290 g/mol. The predicted octanol–water partition coefficient (Wildman–Crippen LogP) is 2.87. The summed E-state index contributed by atoms with van der Waals surface area (Å²) >= 11 is 1.75. The number of fused-ring (bicyclic) bond motifs is 1. The lowest BCUT2D eigenvalue weighted by Gasteiger charge is -2.35. The summed E-state index contributed by atoms with van der Waals surface area (Å²) in [7, 11) is 0. The van der Waals surface area contributed by atoms with E-state index in [0.717, 1.165) is 41.6 Å². The molecule has 2 aromatic rings. The maximum Gasteiger partial charge on any atom is 0.127 e. The SMILES string of the molecule is CC(C)c1cc2c(C3(N)CCC(N)CC3)ncnc2s1. The van der Waals surface area contributed by atoms with Crippen LogP contribution in [0.25, 0.3) is 10.2 Å². The van der Waals surface area contributed by atoms with E-state index < -0.39 is 0 Å². The Labute approximate surface area is 123 Å². The van der Waals surface area contributed by atoms with Gasteiger partial charge in [0.05, 0.1) is 11.2 Å². The molecule has 2 aromatic heterocycles. The van der Waals surface area contributed by atoms with Crippen LogP contribution in [0.5, 0.6) is 0 Å². The zero-order valence-electron chi connectivity index (χ0n) is 12.1. The molecule has 0 aromatic carbocycles. The van der Waals surface area contributed by atoms with Crippen molar-refractivity contribution in [3.05, 3.63) is 23.0 Å². The van der Waals surface area contributed by atoms with Gasteiger partial charge in [0.15, 0.2) is 0 Å². The van der Waals surface area contributed by atoms with Crippen molar-refractivity contribution in [2.45, 2.75) is 57.0 Å². The van der Waals surface area contributed by atoms with E-state index in [1.165, 1.54) is 4.88 Å². The minimum atomic E-state index is -0.341. The quantitative estimate of drug-likeness (QED) is 0.891. The van der Waals surface area contributed by atoms with Gasteiger partial charge in [-0.05, 0) is 37.7 Å². The van der Waals surface area contributed by atoms with Gasteiger partial charge in [0.2, 0.25) is 0 Å². The number of hydrogen-bond donors (Lipinski definition) is 2. The van der Waals surface area contributed by atoms with E-state index in [0.29, 0.717) is 5.92 Å². The molecule has 5 heteroatoms. The second kappa shape index (κ2) is 5.06. The highest BCUT2D eigenvalue weighted by molar-refractivity contribution is 7.18. The highest BCUT2D eigenvalue weighted by Crippen LogP contribution is 2.39. The van der Waals surface area contributed by atoms with Crippen LogP contribution in [-0.2, 0) is 5.54 Å². The summed E-state index contributed by atoms with van der Waals surface area (Å²) in [5.74, 6) is 0.510. The molecule has 0 radical (unpaired) electrons. The molecule has 1 saturated carbocycles. The number of nitrogens with two attached hydrogens (primary N) is 2. The number of aromatic nitrogens is 2. The second-order valence-electron chi connectivity index (χ2n) is 6.24. The fourth-order valence-electron chi connectivity index (χ4n) is 2.95. The van der Waals surface area contributed by atoms with Crippen LogP contribution in [0.15, 0.2) is 12.4 Å². The predicted molar refractivity (Wildman–Crippen MR) is 83.8 cm³/mol. The Morgan fingerprint density at radius 2 is 2.00 bits per heavy atom. The van der Waals surface area contributed by atoms with Gasteiger partial charge in [-0.2, -0.15) is 0 Å². The maximum atomic E-state index is 6.65. The number of rotatable bonds is 2. The lowest BCUT2D eigenvalue weighted by molar-refractivity contribution is 0.273. The van der Waals surface area contributed by atoms with Crippen LogP contribution in [0.2, 0.25) is 0 Å². The Morgan fingerprint density at radius 1 is 1.30 bits per heavy atom. The molecule has 0 atom stereocenters. The van der Waals surface area contributed by atoms with E-state index in [-0.39, 0.29) is 11.6 Å². The van der Waals surface area contributed by atoms with Gasteiger partial charge in [0.25, 0.3) is 0 Å². The van der Waals surface area contributed by atoms with Gasteiger partial charge in [0.1, 0.15) is 11.2 Å². The Bertz CT molecular complexity index is 611. The molecule has 4 nitrogen and oxygen atoms in total. The number of nitrogens with zero attached hydrogens (tertiary/aromatic N) is 2. The molecule has 1 aliphatic rings. The van der Waals surface area contributed by atoms with E-state index in [1.807, 2.05) is 0 Å². The second-order valence-corrected chi connectivity index (χ2v) is 7.30. The van der Waals surface area contributed by atoms with Gasteiger partial charge in [0, 0.05) is 16.3 Å². The standard InChI is InChI=1S/C15H22N4S/c1-9(2)12-7-11-13(18-8-19-14(11)20-12)15(17)5-3-10(16)4-6-15/h7-10H,3-6,16-17H2,1-2H3. The highest BCUT2D eigenvalue weighted by atomic mass is 32.1. The van der Waals surface area contributed by atoms with Crippen LogP contribution in [0.4, 0.5) is 0 Å². The molecule has 0 unspecified atom stereocenters. The molecule has 4 N–H and O–H groups in total. The minimum Gasteiger partial charge on any atom is -0.328 e. The summed E-state index contributed by atoms with van der Waals surface area (Å²) in [5, 5.41) is 1.14. The summed E-state index contributed by atoms with van der Waals surface area (Å²) in [5.41, 5.74) is 13.3. The molecule has 108 valence electrons. The van der Waals surface area contributed by atoms with Gasteiger partial charge in [-0.25, -0.2) is 9.97 Å². The summed E-state index contributed by atoms with van der Waals surface area (Å²) < 4.78 is 0. The molecule has 3 rings (SSSR count). The van der Waals surface area contributed by atoms with Crippen LogP contribution < -0.4 is 11.5 Å². The van der Waals surface area contributed by atoms with Crippen molar-refractivity contribution in [1.29, 1.82) is 0 Å². The summed E-state index contributed by atoms with van der Waals surface area (Å²) in [4.78, 5) is 11.3. The molecule has 2 heterocycles. The van der Waals surface area contributed by atoms with Crippen molar-refractivity contribution < 1.29 is 0 Å². The molecule has 0 amide bonds. The largest absolute Gasteiger partial charge is 0.328 e. The number of thiophene rings is 1. The molecule has 1 fully saturated rings. The summed E-state index contributed by atoms with van der Waals surface area (Å²) in [6.45, 7) is 4.41. The smallest absolute Gasteiger partial charge is 0.127 e. The van der Waals surface area contributed by atoms with Crippen LogP contribution in [0, 0.1) is 0 Å². The van der Waals surface area contributed by atoms with Crippen molar-refractivity contribution >= 4 is 21.6 Å². The molecule has 0 aliphatic heterocycles. The topological polar surface area (TPSA) is 77.8 Å². The summed E-state index contributed by atoms with van der Waals surface area (Å²) in [6.07, 6.45) is 5.42. The Hall–Kier alpha value is -1.04. The molecule has 1 aliphatic carbocycles.